The lowest BCUT2D eigenvalue weighted by molar-refractivity contribution is -0.164. The smallest absolute Gasteiger partial charge is 0.329 e. The molecule has 0 saturated carbocycles. The van der Waals surface area contributed by atoms with Crippen molar-refractivity contribution in [2.45, 2.75) is 104 Å². The van der Waals surface area contributed by atoms with Crippen molar-refractivity contribution in [1.29, 1.82) is 0 Å². The quantitative estimate of drug-likeness (QED) is 0.337. The maximum atomic E-state index is 12.2. The first-order valence-corrected chi connectivity index (χ1v) is 12.9. The second kappa shape index (κ2) is 13.8. The molecule has 11 heteroatoms. The third-order valence-corrected chi connectivity index (χ3v) is 5.81. The Hall–Kier alpha value is -2.85. The SMILES string of the molecule is CC[C@@H](C(=O)OC(C)(C)C)N1CC(C=C(F)F)CC1=O.CC[C@@H](C(=O)OC(C)(C)C)N1CC(C=O)CC1=O. The standard InChI is InChI=1S/C14H21F2NO3.C13H21NO4/c1-5-10(13(19)20-14(2,3)4)17-8-9(6-11(15)16)7-12(17)18;1-5-10(12(17)18-13(2,3)4)14-7-9(8-15)6-11(14)16/h6,9-10H,5,7-8H2,1-4H3;8-10H,5-7H2,1-4H3/t2*9?,10-/m00/s1. The van der Waals surface area contributed by atoms with E-state index in [1.165, 1.54) is 9.80 Å². The number of amides is 2. The average Bonchev–Trinajstić information content (AvgIpc) is 3.28. The molecule has 2 aliphatic rings. The van der Waals surface area contributed by atoms with Crippen LogP contribution >= 0.6 is 0 Å². The monoisotopic (exact) mass is 544 g/mol. The number of halogens is 2. The van der Waals surface area contributed by atoms with Gasteiger partial charge in [-0.2, -0.15) is 8.78 Å². The lowest BCUT2D eigenvalue weighted by Gasteiger charge is -2.29. The summed E-state index contributed by atoms with van der Waals surface area (Å²) in [5, 5.41) is 0. The van der Waals surface area contributed by atoms with Crippen molar-refractivity contribution < 1.29 is 42.2 Å². The van der Waals surface area contributed by atoms with Crippen LogP contribution in [0, 0.1) is 11.8 Å². The minimum absolute atomic E-state index is 0.0106. The molecule has 0 aromatic carbocycles. The van der Waals surface area contributed by atoms with Gasteiger partial charge in [0.25, 0.3) is 6.08 Å². The van der Waals surface area contributed by atoms with Crippen molar-refractivity contribution >= 4 is 30.0 Å². The Morgan fingerprint density at radius 2 is 1.21 bits per heavy atom. The number of esters is 2. The van der Waals surface area contributed by atoms with E-state index in [2.05, 4.69) is 0 Å². The van der Waals surface area contributed by atoms with Gasteiger partial charge in [0.05, 0.1) is 0 Å². The largest absolute Gasteiger partial charge is 0.458 e. The maximum Gasteiger partial charge on any atom is 0.329 e. The number of hydrogen-bond donors (Lipinski definition) is 0. The summed E-state index contributed by atoms with van der Waals surface area (Å²) in [4.78, 5) is 61.3. The van der Waals surface area contributed by atoms with Crippen molar-refractivity contribution in [1.82, 2.24) is 9.80 Å². The lowest BCUT2D eigenvalue weighted by atomic mass is 10.1. The number of carbonyl (C=O) groups is 5. The normalized spacial score (nSPS) is 21.3. The Morgan fingerprint density at radius 3 is 1.50 bits per heavy atom. The lowest BCUT2D eigenvalue weighted by Crippen LogP contribution is -2.45. The molecule has 0 aromatic heterocycles. The summed E-state index contributed by atoms with van der Waals surface area (Å²) in [6.07, 6.45) is 0.857. The highest BCUT2D eigenvalue weighted by Gasteiger charge is 2.39. The molecular weight excluding hydrogens is 502 g/mol. The molecule has 2 fully saturated rings. The topological polar surface area (TPSA) is 110 Å². The molecule has 0 N–H and O–H groups in total. The molecule has 4 atom stereocenters. The molecule has 0 spiro atoms. The molecule has 216 valence electrons. The minimum atomic E-state index is -1.80. The fraction of sp³-hybridized carbons (Fsp3) is 0.741. The first-order valence-electron chi connectivity index (χ1n) is 12.9. The average molecular weight is 545 g/mol. The van der Waals surface area contributed by atoms with E-state index in [9.17, 15) is 32.8 Å². The molecule has 0 aliphatic carbocycles. The Morgan fingerprint density at radius 1 is 0.842 bits per heavy atom. The van der Waals surface area contributed by atoms with Crippen LogP contribution in [-0.2, 0) is 33.4 Å². The van der Waals surface area contributed by atoms with Crippen LogP contribution < -0.4 is 0 Å². The van der Waals surface area contributed by atoms with Gasteiger partial charge in [-0.1, -0.05) is 13.8 Å². The number of rotatable bonds is 8. The summed E-state index contributed by atoms with van der Waals surface area (Å²) in [5.41, 5.74) is -1.21. The summed E-state index contributed by atoms with van der Waals surface area (Å²) in [6, 6.07) is -1.29. The zero-order chi connectivity index (χ0) is 29.4. The highest BCUT2D eigenvalue weighted by Crippen LogP contribution is 2.26. The summed E-state index contributed by atoms with van der Waals surface area (Å²) < 4.78 is 35.1. The van der Waals surface area contributed by atoms with Crippen LogP contribution in [0.15, 0.2) is 12.2 Å². The summed E-state index contributed by atoms with van der Waals surface area (Å²) in [5.74, 6) is -2.16. The van der Waals surface area contributed by atoms with E-state index in [-0.39, 0.29) is 37.1 Å². The van der Waals surface area contributed by atoms with E-state index in [0.717, 1.165) is 12.4 Å². The van der Waals surface area contributed by atoms with Gasteiger partial charge in [-0.15, -0.1) is 0 Å². The van der Waals surface area contributed by atoms with E-state index in [4.69, 9.17) is 9.47 Å². The summed E-state index contributed by atoms with van der Waals surface area (Å²) >= 11 is 0. The predicted octanol–water partition coefficient (Wildman–Crippen LogP) is 3.89. The van der Waals surface area contributed by atoms with Crippen LogP contribution in [0.25, 0.3) is 0 Å². The molecular formula is C27H42F2N2O7. The van der Waals surface area contributed by atoms with Crippen molar-refractivity contribution in [2.75, 3.05) is 13.1 Å². The highest BCUT2D eigenvalue weighted by molar-refractivity contribution is 5.88. The van der Waals surface area contributed by atoms with Crippen molar-refractivity contribution in [3.63, 3.8) is 0 Å². The van der Waals surface area contributed by atoms with E-state index in [1.807, 2.05) is 6.92 Å². The van der Waals surface area contributed by atoms with Gasteiger partial charge < -0.3 is 24.1 Å². The van der Waals surface area contributed by atoms with Crippen LogP contribution in [0.1, 0.15) is 81.1 Å². The molecule has 0 radical (unpaired) electrons. The fourth-order valence-corrected chi connectivity index (χ4v) is 4.27. The predicted molar refractivity (Wildman–Crippen MR) is 136 cm³/mol. The fourth-order valence-electron chi connectivity index (χ4n) is 4.27. The number of hydrogen-bond acceptors (Lipinski definition) is 7. The van der Waals surface area contributed by atoms with E-state index in [0.29, 0.717) is 19.4 Å². The Balaban J connectivity index is 0.000000382. The highest BCUT2D eigenvalue weighted by atomic mass is 19.3. The number of nitrogens with zero attached hydrogens (tertiary/aromatic N) is 2. The van der Waals surface area contributed by atoms with Crippen molar-refractivity contribution in [3.05, 3.63) is 12.2 Å². The molecule has 0 aromatic rings. The third kappa shape index (κ3) is 10.5. The van der Waals surface area contributed by atoms with Gasteiger partial charge in [0.1, 0.15) is 29.6 Å². The van der Waals surface area contributed by atoms with Crippen LogP contribution in [-0.4, -0.2) is 76.2 Å². The number of aldehydes is 1. The third-order valence-electron chi connectivity index (χ3n) is 5.81. The molecule has 0 bridgehead atoms. The Labute approximate surface area is 223 Å². The van der Waals surface area contributed by atoms with Crippen LogP contribution in [0.2, 0.25) is 0 Å². The van der Waals surface area contributed by atoms with Gasteiger partial charge in [0, 0.05) is 37.8 Å². The zero-order valence-electron chi connectivity index (χ0n) is 23.7. The van der Waals surface area contributed by atoms with E-state index < -0.39 is 47.2 Å². The van der Waals surface area contributed by atoms with Gasteiger partial charge in [0.2, 0.25) is 11.8 Å². The zero-order valence-corrected chi connectivity index (χ0v) is 23.7. The van der Waals surface area contributed by atoms with Gasteiger partial charge >= 0.3 is 11.9 Å². The summed E-state index contributed by atoms with van der Waals surface area (Å²) in [6.45, 7) is 14.6. The van der Waals surface area contributed by atoms with Crippen molar-refractivity contribution in [3.8, 4) is 0 Å². The minimum Gasteiger partial charge on any atom is -0.458 e. The van der Waals surface area contributed by atoms with Gasteiger partial charge in [0.15, 0.2) is 0 Å². The molecule has 2 aliphatic heterocycles. The first kappa shape index (κ1) is 33.2. The molecule has 2 amide bonds. The number of carbonyl (C=O) groups excluding carboxylic acids is 5. The molecule has 2 rings (SSSR count). The molecule has 2 heterocycles. The summed E-state index contributed by atoms with van der Waals surface area (Å²) in [7, 11) is 0. The van der Waals surface area contributed by atoms with Gasteiger partial charge in [-0.3, -0.25) is 9.59 Å². The first-order chi connectivity index (χ1) is 17.4. The molecule has 2 unspecified atom stereocenters. The molecule has 2 saturated heterocycles. The van der Waals surface area contributed by atoms with Gasteiger partial charge in [-0.25, -0.2) is 9.59 Å². The molecule has 9 nitrogen and oxygen atoms in total. The number of likely N-dealkylation sites (tertiary alicyclic amines) is 2. The van der Waals surface area contributed by atoms with Gasteiger partial charge in [-0.05, 0) is 60.5 Å². The molecule has 38 heavy (non-hydrogen) atoms. The number of ether oxygens (including phenoxy) is 2. The second-order valence-electron chi connectivity index (χ2n) is 11.5. The van der Waals surface area contributed by atoms with E-state index in [1.54, 1.807) is 48.5 Å². The Bertz CT molecular complexity index is 904. The van der Waals surface area contributed by atoms with Crippen LogP contribution in [0.5, 0.6) is 0 Å². The Kier molecular flexibility index (Phi) is 12.0. The van der Waals surface area contributed by atoms with E-state index >= 15 is 0 Å². The van der Waals surface area contributed by atoms with Crippen LogP contribution in [0.4, 0.5) is 8.78 Å². The maximum absolute atomic E-state index is 12.2. The van der Waals surface area contributed by atoms with Crippen LogP contribution in [0.3, 0.4) is 0 Å². The second-order valence-corrected chi connectivity index (χ2v) is 11.5. The van der Waals surface area contributed by atoms with Crippen molar-refractivity contribution in [2.24, 2.45) is 11.8 Å².